The van der Waals surface area contributed by atoms with Crippen LogP contribution in [0.5, 0.6) is 0 Å². The average Bonchev–Trinajstić information content (AvgIpc) is 2.34. The lowest BCUT2D eigenvalue weighted by atomic mass is 10.2. The van der Waals surface area contributed by atoms with Gasteiger partial charge >= 0.3 is 0 Å². The Labute approximate surface area is 102 Å². The number of anilines is 1. The summed E-state index contributed by atoms with van der Waals surface area (Å²) < 4.78 is 10.9. The molecule has 3 N–H and O–H groups in total. The van der Waals surface area contributed by atoms with Crippen molar-refractivity contribution in [1.29, 1.82) is 0 Å². The first-order valence-corrected chi connectivity index (χ1v) is 5.79. The number of aromatic nitrogens is 1. The van der Waals surface area contributed by atoms with Gasteiger partial charge in [-0.3, -0.25) is 0 Å². The van der Waals surface area contributed by atoms with Crippen molar-refractivity contribution in [3.05, 3.63) is 23.9 Å². The van der Waals surface area contributed by atoms with Crippen LogP contribution in [0.4, 0.5) is 5.82 Å². The Hall–Kier alpha value is -1.17. The molecule has 96 valence electrons. The normalized spacial score (nSPS) is 10.8. The van der Waals surface area contributed by atoms with Crippen molar-refractivity contribution in [2.75, 3.05) is 25.2 Å². The fraction of sp³-hybridized carbons (Fsp3) is 0.583. The molecule has 0 saturated heterocycles. The largest absolute Gasteiger partial charge is 0.379 e. The van der Waals surface area contributed by atoms with Crippen LogP contribution >= 0.6 is 0 Å². The van der Waals surface area contributed by atoms with Gasteiger partial charge in [0.2, 0.25) is 0 Å². The van der Waals surface area contributed by atoms with Crippen LogP contribution in [0.1, 0.15) is 19.4 Å². The minimum atomic E-state index is 0.545. The molecule has 0 aliphatic heterocycles. The molecule has 0 aliphatic rings. The number of hydrogen-bond donors (Lipinski definition) is 2. The molecular weight excluding hydrogens is 218 g/mol. The van der Waals surface area contributed by atoms with Crippen molar-refractivity contribution in [2.24, 2.45) is 11.8 Å². The van der Waals surface area contributed by atoms with Crippen molar-refractivity contribution in [3.63, 3.8) is 0 Å². The summed E-state index contributed by atoms with van der Waals surface area (Å²) in [6, 6.07) is 3.74. The minimum Gasteiger partial charge on any atom is -0.379 e. The van der Waals surface area contributed by atoms with Crippen molar-refractivity contribution in [2.45, 2.75) is 20.5 Å². The fourth-order valence-corrected chi connectivity index (χ4v) is 1.22. The van der Waals surface area contributed by atoms with Crippen LogP contribution in [0.3, 0.4) is 0 Å². The highest BCUT2D eigenvalue weighted by Crippen LogP contribution is 2.04. The molecule has 0 aromatic carbocycles. The summed E-state index contributed by atoms with van der Waals surface area (Å²) in [6.07, 6.45) is 1.74. The van der Waals surface area contributed by atoms with Gasteiger partial charge < -0.3 is 14.9 Å². The molecule has 0 spiro atoms. The molecule has 1 aromatic rings. The number of hydrazine groups is 1. The quantitative estimate of drug-likeness (QED) is 0.409. The number of ether oxygens (including phenoxy) is 2. The predicted molar refractivity (Wildman–Crippen MR) is 67.4 cm³/mol. The van der Waals surface area contributed by atoms with E-state index in [0.29, 0.717) is 31.6 Å². The SMILES string of the molecule is CC(C)COCCOCc1ccc(NN)nc1. The van der Waals surface area contributed by atoms with Gasteiger partial charge in [0.25, 0.3) is 0 Å². The number of nitrogen functional groups attached to an aromatic ring is 1. The zero-order valence-corrected chi connectivity index (χ0v) is 10.5. The van der Waals surface area contributed by atoms with E-state index < -0.39 is 0 Å². The molecule has 0 amide bonds. The van der Waals surface area contributed by atoms with Crippen LogP contribution in [0.15, 0.2) is 18.3 Å². The van der Waals surface area contributed by atoms with Gasteiger partial charge in [0, 0.05) is 12.8 Å². The first kappa shape index (κ1) is 13.9. The lowest BCUT2D eigenvalue weighted by Gasteiger charge is -2.07. The molecule has 1 aromatic heterocycles. The van der Waals surface area contributed by atoms with E-state index in [9.17, 15) is 0 Å². The average molecular weight is 239 g/mol. The van der Waals surface area contributed by atoms with Gasteiger partial charge in [0.15, 0.2) is 0 Å². The fourth-order valence-electron chi connectivity index (χ4n) is 1.22. The molecule has 5 heteroatoms. The summed E-state index contributed by atoms with van der Waals surface area (Å²) >= 11 is 0. The number of nitrogens with two attached hydrogens (primary N) is 1. The summed E-state index contributed by atoms with van der Waals surface area (Å²) in [5, 5.41) is 0. The maximum Gasteiger partial charge on any atom is 0.139 e. The first-order chi connectivity index (χ1) is 8.22. The van der Waals surface area contributed by atoms with E-state index >= 15 is 0 Å². The standard InChI is InChI=1S/C12H21N3O2/c1-10(2)8-16-5-6-17-9-11-3-4-12(15-13)14-7-11/h3-4,7,10H,5-6,8-9,13H2,1-2H3,(H,14,15). The molecule has 0 unspecified atom stereocenters. The van der Waals surface area contributed by atoms with Crippen LogP contribution in [0, 0.1) is 5.92 Å². The Balaban J connectivity index is 2.09. The van der Waals surface area contributed by atoms with Crippen LogP contribution in [0.2, 0.25) is 0 Å². The van der Waals surface area contributed by atoms with Gasteiger partial charge in [-0.05, 0) is 17.5 Å². The topological polar surface area (TPSA) is 69.4 Å². The van der Waals surface area contributed by atoms with Crippen molar-refractivity contribution in [3.8, 4) is 0 Å². The van der Waals surface area contributed by atoms with Gasteiger partial charge in [-0.15, -0.1) is 0 Å². The number of rotatable bonds is 8. The van der Waals surface area contributed by atoms with E-state index in [1.54, 1.807) is 6.20 Å². The lowest BCUT2D eigenvalue weighted by molar-refractivity contribution is 0.0314. The van der Waals surface area contributed by atoms with Crippen molar-refractivity contribution >= 4 is 5.82 Å². The Morgan fingerprint density at radius 1 is 1.29 bits per heavy atom. The molecule has 0 bridgehead atoms. The highest BCUT2D eigenvalue weighted by atomic mass is 16.5. The summed E-state index contributed by atoms with van der Waals surface area (Å²) in [5.74, 6) is 6.43. The molecule has 1 rings (SSSR count). The van der Waals surface area contributed by atoms with Crippen molar-refractivity contribution in [1.82, 2.24) is 4.98 Å². The summed E-state index contributed by atoms with van der Waals surface area (Å²) in [7, 11) is 0. The zero-order chi connectivity index (χ0) is 12.5. The molecule has 0 radical (unpaired) electrons. The van der Waals surface area contributed by atoms with Crippen molar-refractivity contribution < 1.29 is 9.47 Å². The number of pyridine rings is 1. The van der Waals surface area contributed by atoms with E-state index in [1.165, 1.54) is 0 Å². The van der Waals surface area contributed by atoms with Gasteiger partial charge in [-0.1, -0.05) is 19.9 Å². The molecule has 0 fully saturated rings. The number of hydrogen-bond acceptors (Lipinski definition) is 5. The second-order valence-corrected chi connectivity index (χ2v) is 4.22. The van der Waals surface area contributed by atoms with Gasteiger partial charge in [0.05, 0.1) is 19.8 Å². The smallest absolute Gasteiger partial charge is 0.139 e. The van der Waals surface area contributed by atoms with Gasteiger partial charge in [-0.2, -0.15) is 0 Å². The van der Waals surface area contributed by atoms with Crippen LogP contribution in [0.25, 0.3) is 0 Å². The first-order valence-electron chi connectivity index (χ1n) is 5.79. The van der Waals surface area contributed by atoms with E-state index in [4.69, 9.17) is 15.3 Å². The third-order valence-electron chi connectivity index (χ3n) is 2.06. The zero-order valence-electron chi connectivity index (χ0n) is 10.5. The van der Waals surface area contributed by atoms with Gasteiger partial charge in [-0.25, -0.2) is 10.8 Å². The summed E-state index contributed by atoms with van der Waals surface area (Å²) in [6.45, 7) is 6.81. The minimum absolute atomic E-state index is 0.545. The van der Waals surface area contributed by atoms with Crippen LogP contribution in [-0.4, -0.2) is 24.8 Å². The van der Waals surface area contributed by atoms with E-state index in [2.05, 4.69) is 24.3 Å². The van der Waals surface area contributed by atoms with E-state index in [0.717, 1.165) is 12.2 Å². The maximum absolute atomic E-state index is 5.46. The molecule has 0 aliphatic carbocycles. The lowest BCUT2D eigenvalue weighted by Crippen LogP contribution is -2.09. The molecule has 0 atom stereocenters. The molecule has 0 saturated carbocycles. The van der Waals surface area contributed by atoms with Crippen LogP contribution in [-0.2, 0) is 16.1 Å². The Morgan fingerprint density at radius 3 is 2.65 bits per heavy atom. The molecular formula is C12H21N3O2. The summed E-state index contributed by atoms with van der Waals surface area (Å²) in [4.78, 5) is 4.09. The highest BCUT2D eigenvalue weighted by Gasteiger charge is 1.96. The predicted octanol–water partition coefficient (Wildman–Crippen LogP) is 1.56. The highest BCUT2D eigenvalue weighted by molar-refractivity contribution is 5.33. The van der Waals surface area contributed by atoms with Crippen LogP contribution < -0.4 is 11.3 Å². The van der Waals surface area contributed by atoms with E-state index in [1.807, 2.05) is 12.1 Å². The number of nitrogens with one attached hydrogen (secondary N) is 1. The monoisotopic (exact) mass is 239 g/mol. The Bertz CT molecular complexity index is 301. The summed E-state index contributed by atoms with van der Waals surface area (Å²) in [5.41, 5.74) is 3.50. The second-order valence-electron chi connectivity index (χ2n) is 4.22. The Kier molecular flexibility index (Phi) is 6.54. The second kappa shape index (κ2) is 8.00. The molecule has 1 heterocycles. The van der Waals surface area contributed by atoms with E-state index in [-0.39, 0.29) is 0 Å². The maximum atomic E-state index is 5.46. The van der Waals surface area contributed by atoms with Gasteiger partial charge in [0.1, 0.15) is 5.82 Å². The molecule has 5 nitrogen and oxygen atoms in total. The number of nitrogens with zero attached hydrogens (tertiary/aromatic N) is 1. The Morgan fingerprint density at radius 2 is 2.06 bits per heavy atom. The third-order valence-corrected chi connectivity index (χ3v) is 2.06. The molecule has 17 heavy (non-hydrogen) atoms. The third kappa shape index (κ3) is 6.21.